The highest BCUT2D eigenvalue weighted by atomic mass is 15.2. The zero-order valence-electron chi connectivity index (χ0n) is 11.2. The van der Waals surface area contributed by atoms with Crippen molar-refractivity contribution in [2.45, 2.75) is 52.0 Å². The van der Waals surface area contributed by atoms with Crippen molar-refractivity contribution in [2.75, 3.05) is 19.6 Å². The zero-order valence-corrected chi connectivity index (χ0v) is 11.2. The van der Waals surface area contributed by atoms with Crippen molar-refractivity contribution >= 4 is 0 Å². The van der Waals surface area contributed by atoms with Crippen LogP contribution in [0.25, 0.3) is 0 Å². The van der Waals surface area contributed by atoms with Crippen molar-refractivity contribution in [1.82, 2.24) is 4.90 Å². The van der Waals surface area contributed by atoms with Crippen LogP contribution in [0.5, 0.6) is 0 Å². The van der Waals surface area contributed by atoms with Gasteiger partial charge in [0.2, 0.25) is 0 Å². The zero-order chi connectivity index (χ0) is 11.8. The molecule has 2 aliphatic rings. The molecule has 2 heteroatoms. The molecule has 0 amide bonds. The van der Waals surface area contributed by atoms with Gasteiger partial charge in [0, 0.05) is 25.2 Å². The average molecular weight is 224 g/mol. The third-order valence-corrected chi connectivity index (χ3v) is 5.30. The molecule has 2 N–H and O–H groups in total. The van der Waals surface area contributed by atoms with E-state index in [0.29, 0.717) is 5.54 Å². The van der Waals surface area contributed by atoms with E-state index in [4.69, 9.17) is 5.73 Å². The summed E-state index contributed by atoms with van der Waals surface area (Å²) in [6.07, 6.45) is 5.41. The first kappa shape index (κ1) is 12.4. The Hall–Kier alpha value is -0.0800. The molecule has 94 valence electrons. The number of hydrogen-bond acceptors (Lipinski definition) is 2. The largest absolute Gasteiger partial charge is 0.329 e. The van der Waals surface area contributed by atoms with E-state index >= 15 is 0 Å². The Kier molecular flexibility index (Phi) is 3.60. The topological polar surface area (TPSA) is 29.3 Å². The minimum absolute atomic E-state index is 0.361. The van der Waals surface area contributed by atoms with Crippen LogP contribution in [0, 0.1) is 17.8 Å². The van der Waals surface area contributed by atoms with Crippen LogP contribution < -0.4 is 5.73 Å². The number of nitrogens with zero attached hydrogens (tertiary/aromatic N) is 1. The summed E-state index contributed by atoms with van der Waals surface area (Å²) in [4.78, 5) is 2.72. The van der Waals surface area contributed by atoms with E-state index < -0.39 is 0 Å². The maximum absolute atomic E-state index is 6.11. The average Bonchev–Trinajstić information content (AvgIpc) is 2.85. The second kappa shape index (κ2) is 4.66. The van der Waals surface area contributed by atoms with Crippen LogP contribution in [0.2, 0.25) is 0 Å². The molecule has 0 spiro atoms. The van der Waals surface area contributed by atoms with Gasteiger partial charge in [-0.05, 0) is 37.0 Å². The van der Waals surface area contributed by atoms with Gasteiger partial charge >= 0.3 is 0 Å². The highest BCUT2D eigenvalue weighted by Crippen LogP contribution is 2.42. The Morgan fingerprint density at radius 3 is 2.31 bits per heavy atom. The molecule has 0 aromatic carbocycles. The second-order valence-corrected chi connectivity index (χ2v) is 6.31. The molecule has 0 bridgehead atoms. The highest BCUT2D eigenvalue weighted by Gasteiger charge is 2.45. The molecule has 1 saturated carbocycles. The van der Waals surface area contributed by atoms with Gasteiger partial charge in [0.25, 0.3) is 0 Å². The van der Waals surface area contributed by atoms with Crippen molar-refractivity contribution in [3.8, 4) is 0 Å². The molecule has 16 heavy (non-hydrogen) atoms. The summed E-state index contributed by atoms with van der Waals surface area (Å²) in [5.74, 6) is 2.63. The number of hydrogen-bond donors (Lipinski definition) is 1. The summed E-state index contributed by atoms with van der Waals surface area (Å²) in [5, 5.41) is 0. The van der Waals surface area contributed by atoms with Crippen LogP contribution in [0.15, 0.2) is 0 Å². The minimum Gasteiger partial charge on any atom is -0.329 e. The molecule has 4 unspecified atom stereocenters. The predicted octanol–water partition coefficient (Wildman–Crippen LogP) is 2.48. The Labute approximate surface area is 101 Å². The van der Waals surface area contributed by atoms with E-state index in [0.717, 1.165) is 24.3 Å². The molecule has 1 aliphatic heterocycles. The Morgan fingerprint density at radius 2 is 1.88 bits per heavy atom. The fraction of sp³-hybridized carbons (Fsp3) is 1.00. The lowest BCUT2D eigenvalue weighted by Crippen LogP contribution is -2.51. The summed E-state index contributed by atoms with van der Waals surface area (Å²) >= 11 is 0. The number of nitrogens with two attached hydrogens (primary N) is 1. The molecular formula is C14H28N2. The molecule has 4 atom stereocenters. The van der Waals surface area contributed by atoms with Crippen molar-refractivity contribution in [3.63, 3.8) is 0 Å². The lowest BCUT2D eigenvalue weighted by molar-refractivity contribution is 0.118. The molecule has 0 aromatic heterocycles. The molecular weight excluding hydrogens is 196 g/mol. The van der Waals surface area contributed by atoms with Gasteiger partial charge in [-0.3, -0.25) is 4.90 Å². The van der Waals surface area contributed by atoms with Gasteiger partial charge in [0.15, 0.2) is 0 Å². The number of likely N-dealkylation sites (tertiary alicyclic amines) is 1. The molecule has 1 saturated heterocycles. The van der Waals surface area contributed by atoms with Gasteiger partial charge in [-0.2, -0.15) is 0 Å². The van der Waals surface area contributed by atoms with Gasteiger partial charge in [0.05, 0.1) is 0 Å². The minimum atomic E-state index is 0.361. The van der Waals surface area contributed by atoms with Gasteiger partial charge in [0.1, 0.15) is 0 Å². The van der Waals surface area contributed by atoms with Gasteiger partial charge in [-0.25, -0.2) is 0 Å². The lowest BCUT2D eigenvalue weighted by Gasteiger charge is -2.38. The van der Waals surface area contributed by atoms with Crippen LogP contribution in [-0.4, -0.2) is 30.1 Å². The van der Waals surface area contributed by atoms with E-state index in [1.165, 1.54) is 38.8 Å². The SMILES string of the molecule is CCC1CCC(CN)(N2CC(C)C(C)C2)C1. The van der Waals surface area contributed by atoms with Gasteiger partial charge < -0.3 is 5.73 Å². The summed E-state index contributed by atoms with van der Waals surface area (Å²) in [6.45, 7) is 10.5. The van der Waals surface area contributed by atoms with Crippen LogP contribution in [0.4, 0.5) is 0 Å². The van der Waals surface area contributed by atoms with Crippen molar-refractivity contribution < 1.29 is 0 Å². The molecule has 1 aliphatic carbocycles. The Balaban J connectivity index is 2.05. The first-order valence-corrected chi connectivity index (χ1v) is 7.06. The van der Waals surface area contributed by atoms with E-state index in [2.05, 4.69) is 25.7 Å². The van der Waals surface area contributed by atoms with Crippen molar-refractivity contribution in [1.29, 1.82) is 0 Å². The lowest BCUT2D eigenvalue weighted by atomic mass is 9.93. The summed E-state index contributed by atoms with van der Waals surface area (Å²) in [7, 11) is 0. The standard InChI is InChI=1S/C14H28N2/c1-4-13-5-6-14(7-13,10-15)16-8-11(2)12(3)9-16/h11-13H,4-10,15H2,1-3H3. The maximum atomic E-state index is 6.11. The van der Waals surface area contributed by atoms with Gasteiger partial charge in [-0.15, -0.1) is 0 Å². The Morgan fingerprint density at radius 1 is 1.25 bits per heavy atom. The smallest absolute Gasteiger partial charge is 0.0334 e. The Bertz CT molecular complexity index is 231. The second-order valence-electron chi connectivity index (χ2n) is 6.31. The molecule has 2 nitrogen and oxygen atoms in total. The molecule has 0 aromatic rings. The van der Waals surface area contributed by atoms with E-state index in [1.54, 1.807) is 0 Å². The molecule has 2 rings (SSSR count). The molecule has 0 radical (unpaired) electrons. The third-order valence-electron chi connectivity index (χ3n) is 5.30. The monoisotopic (exact) mass is 224 g/mol. The summed E-state index contributed by atoms with van der Waals surface area (Å²) in [6, 6.07) is 0. The molecule has 2 fully saturated rings. The predicted molar refractivity (Wildman–Crippen MR) is 69.3 cm³/mol. The number of rotatable bonds is 3. The van der Waals surface area contributed by atoms with Crippen molar-refractivity contribution in [3.05, 3.63) is 0 Å². The highest BCUT2D eigenvalue weighted by molar-refractivity contribution is 5.01. The van der Waals surface area contributed by atoms with Crippen LogP contribution >= 0.6 is 0 Å². The van der Waals surface area contributed by atoms with Crippen LogP contribution in [0.3, 0.4) is 0 Å². The quantitative estimate of drug-likeness (QED) is 0.798. The first-order chi connectivity index (χ1) is 7.61. The van der Waals surface area contributed by atoms with Crippen LogP contribution in [-0.2, 0) is 0 Å². The van der Waals surface area contributed by atoms with Gasteiger partial charge in [-0.1, -0.05) is 27.2 Å². The summed E-state index contributed by atoms with van der Waals surface area (Å²) in [5.41, 5.74) is 6.48. The van der Waals surface area contributed by atoms with Crippen molar-refractivity contribution in [2.24, 2.45) is 23.5 Å². The summed E-state index contributed by atoms with van der Waals surface area (Å²) < 4.78 is 0. The van der Waals surface area contributed by atoms with E-state index in [9.17, 15) is 0 Å². The molecule has 1 heterocycles. The fourth-order valence-corrected chi connectivity index (χ4v) is 3.68. The normalized spacial score (nSPS) is 45.4. The van der Waals surface area contributed by atoms with E-state index in [-0.39, 0.29) is 0 Å². The van der Waals surface area contributed by atoms with Crippen LogP contribution in [0.1, 0.15) is 46.5 Å². The van der Waals surface area contributed by atoms with E-state index in [1.807, 2.05) is 0 Å². The third kappa shape index (κ3) is 2.02. The first-order valence-electron chi connectivity index (χ1n) is 7.06. The fourth-order valence-electron chi connectivity index (χ4n) is 3.68. The maximum Gasteiger partial charge on any atom is 0.0334 e.